The fourth-order valence-electron chi connectivity index (χ4n) is 2.04. The van der Waals surface area contributed by atoms with E-state index in [0.717, 1.165) is 21.5 Å². The van der Waals surface area contributed by atoms with Gasteiger partial charge in [-0.15, -0.1) is 0 Å². The van der Waals surface area contributed by atoms with E-state index >= 15 is 0 Å². The van der Waals surface area contributed by atoms with Gasteiger partial charge in [0.2, 0.25) is 0 Å². The van der Waals surface area contributed by atoms with Crippen LogP contribution < -0.4 is 10.1 Å². The number of halogens is 2. The Balaban J connectivity index is 1.81. The second kappa shape index (κ2) is 7.42. The molecule has 1 saturated heterocycles. The summed E-state index contributed by atoms with van der Waals surface area (Å²) < 4.78 is 6.03. The first-order valence-corrected chi connectivity index (χ1v) is 8.92. The Morgan fingerprint density at radius 1 is 1.25 bits per heavy atom. The third kappa shape index (κ3) is 4.01. The van der Waals surface area contributed by atoms with E-state index in [4.69, 9.17) is 16.3 Å². The molecule has 1 fully saturated rings. The third-order valence-corrected chi connectivity index (χ3v) is 4.96. The van der Waals surface area contributed by atoms with Gasteiger partial charge in [-0.3, -0.25) is 4.79 Å². The number of aliphatic imine (C=N–C) groups is 1. The zero-order chi connectivity index (χ0) is 17.1. The van der Waals surface area contributed by atoms with E-state index in [1.54, 1.807) is 31.4 Å². The molecule has 0 radical (unpaired) electrons. The largest absolute Gasteiger partial charge is 0.496 e. The second-order valence-electron chi connectivity index (χ2n) is 4.85. The van der Waals surface area contributed by atoms with Crippen molar-refractivity contribution in [3.05, 3.63) is 62.4 Å². The molecule has 1 heterocycles. The first-order valence-electron chi connectivity index (χ1n) is 6.94. The molecular formula is C17H12BrClN2O2S. The fraction of sp³-hybridized carbons (Fsp3) is 0.0588. The number of carbonyl (C=O) groups excluding carboxylic acids is 1. The number of benzene rings is 2. The smallest absolute Gasteiger partial charge is 0.264 e. The highest BCUT2D eigenvalue weighted by molar-refractivity contribution is 9.10. The lowest BCUT2D eigenvalue weighted by Gasteiger charge is -2.03. The van der Waals surface area contributed by atoms with Gasteiger partial charge in [-0.05, 0) is 75.7 Å². The summed E-state index contributed by atoms with van der Waals surface area (Å²) in [6, 6.07) is 12.7. The molecule has 0 spiro atoms. The van der Waals surface area contributed by atoms with E-state index in [1.807, 2.05) is 24.3 Å². The molecule has 2 aromatic rings. The predicted molar refractivity (Wildman–Crippen MR) is 103 cm³/mol. The second-order valence-corrected chi connectivity index (χ2v) is 7.17. The average Bonchev–Trinajstić information content (AvgIpc) is 2.89. The van der Waals surface area contributed by atoms with Gasteiger partial charge in [0.05, 0.1) is 22.2 Å². The van der Waals surface area contributed by atoms with Crippen molar-refractivity contribution in [1.29, 1.82) is 0 Å². The van der Waals surface area contributed by atoms with Gasteiger partial charge in [0.25, 0.3) is 5.91 Å². The molecule has 3 rings (SSSR count). The molecule has 0 atom stereocenters. The minimum atomic E-state index is -0.167. The number of methoxy groups -OCH3 is 1. The van der Waals surface area contributed by atoms with Crippen molar-refractivity contribution >= 4 is 62.1 Å². The van der Waals surface area contributed by atoms with Gasteiger partial charge >= 0.3 is 0 Å². The number of amides is 1. The summed E-state index contributed by atoms with van der Waals surface area (Å²) in [5.74, 6) is 0.574. The van der Waals surface area contributed by atoms with E-state index in [0.29, 0.717) is 15.1 Å². The standard InChI is InChI=1S/C17H12BrClN2O2S/c1-23-14-7-2-10(8-13(14)18)9-15-16(22)21-17(24-15)20-12-5-3-11(19)4-6-12/h2-9H,1H3,(H,20,21,22)/b15-9-. The number of thioether (sulfide) groups is 1. The van der Waals surface area contributed by atoms with Gasteiger partial charge in [-0.2, -0.15) is 0 Å². The lowest BCUT2D eigenvalue weighted by Crippen LogP contribution is -2.19. The predicted octanol–water partition coefficient (Wildman–Crippen LogP) is 5.00. The topological polar surface area (TPSA) is 50.7 Å². The Morgan fingerprint density at radius 2 is 2.00 bits per heavy atom. The summed E-state index contributed by atoms with van der Waals surface area (Å²) in [5, 5.41) is 3.95. The van der Waals surface area contributed by atoms with Crippen molar-refractivity contribution in [3.8, 4) is 5.75 Å². The van der Waals surface area contributed by atoms with Crippen molar-refractivity contribution in [2.45, 2.75) is 0 Å². The van der Waals surface area contributed by atoms with E-state index in [9.17, 15) is 4.79 Å². The summed E-state index contributed by atoms with van der Waals surface area (Å²) in [6.45, 7) is 0. The van der Waals surface area contributed by atoms with Gasteiger partial charge in [0.15, 0.2) is 5.17 Å². The number of rotatable bonds is 3. The van der Waals surface area contributed by atoms with Crippen molar-refractivity contribution < 1.29 is 9.53 Å². The minimum absolute atomic E-state index is 0.167. The molecule has 2 aromatic carbocycles. The molecule has 4 nitrogen and oxygen atoms in total. The number of nitrogens with one attached hydrogen (secondary N) is 1. The van der Waals surface area contributed by atoms with Crippen LogP contribution in [0.15, 0.2) is 56.8 Å². The van der Waals surface area contributed by atoms with E-state index in [1.165, 1.54) is 11.8 Å². The van der Waals surface area contributed by atoms with Crippen LogP contribution in [0.1, 0.15) is 5.56 Å². The molecule has 0 bridgehead atoms. The quantitative estimate of drug-likeness (QED) is 0.707. The first-order chi connectivity index (χ1) is 11.5. The number of amidine groups is 1. The van der Waals surface area contributed by atoms with Crippen LogP contribution >= 0.6 is 39.3 Å². The molecule has 1 amide bonds. The number of hydrogen-bond donors (Lipinski definition) is 1. The third-order valence-electron chi connectivity index (χ3n) is 3.18. The zero-order valence-corrected chi connectivity index (χ0v) is 15.7. The van der Waals surface area contributed by atoms with Crippen LogP contribution in [0.5, 0.6) is 5.75 Å². The van der Waals surface area contributed by atoms with E-state index in [-0.39, 0.29) is 5.91 Å². The molecule has 1 N–H and O–H groups in total. The Hall–Kier alpha value is -1.76. The molecule has 24 heavy (non-hydrogen) atoms. The summed E-state index contributed by atoms with van der Waals surface area (Å²) in [4.78, 5) is 17.1. The zero-order valence-electron chi connectivity index (χ0n) is 12.5. The van der Waals surface area contributed by atoms with E-state index < -0.39 is 0 Å². The summed E-state index contributed by atoms with van der Waals surface area (Å²) in [5.41, 5.74) is 1.63. The molecule has 0 unspecified atom stereocenters. The van der Waals surface area contributed by atoms with E-state index in [2.05, 4.69) is 26.2 Å². The van der Waals surface area contributed by atoms with Crippen LogP contribution in [0.25, 0.3) is 6.08 Å². The Bertz CT molecular complexity index is 850. The van der Waals surface area contributed by atoms with Crippen molar-refractivity contribution in [2.24, 2.45) is 4.99 Å². The Labute approximate surface area is 157 Å². The van der Waals surface area contributed by atoms with Gasteiger partial charge < -0.3 is 10.1 Å². The molecule has 1 aliphatic heterocycles. The van der Waals surface area contributed by atoms with Crippen LogP contribution in [-0.2, 0) is 4.79 Å². The maximum Gasteiger partial charge on any atom is 0.264 e. The highest BCUT2D eigenvalue weighted by Gasteiger charge is 2.23. The van der Waals surface area contributed by atoms with Crippen molar-refractivity contribution in [1.82, 2.24) is 5.32 Å². The molecule has 7 heteroatoms. The van der Waals surface area contributed by atoms with Crippen LogP contribution in [0.4, 0.5) is 5.69 Å². The monoisotopic (exact) mass is 422 g/mol. The summed E-state index contributed by atoms with van der Waals surface area (Å²) >= 11 is 10.6. The van der Waals surface area contributed by atoms with Gasteiger partial charge in [-0.25, -0.2) is 4.99 Å². The molecule has 1 aliphatic rings. The molecule has 0 saturated carbocycles. The summed E-state index contributed by atoms with van der Waals surface area (Å²) in [6.07, 6.45) is 1.81. The summed E-state index contributed by atoms with van der Waals surface area (Å²) in [7, 11) is 1.61. The number of nitrogens with zero attached hydrogens (tertiary/aromatic N) is 1. The maximum atomic E-state index is 12.1. The average molecular weight is 424 g/mol. The maximum absolute atomic E-state index is 12.1. The Morgan fingerprint density at radius 3 is 2.67 bits per heavy atom. The van der Waals surface area contributed by atoms with Crippen LogP contribution in [0, 0.1) is 0 Å². The fourth-order valence-corrected chi connectivity index (χ4v) is 3.56. The van der Waals surface area contributed by atoms with Gasteiger partial charge in [0, 0.05) is 5.02 Å². The number of hydrogen-bond acceptors (Lipinski definition) is 4. The van der Waals surface area contributed by atoms with Crippen molar-refractivity contribution in [2.75, 3.05) is 7.11 Å². The molecule has 0 aliphatic carbocycles. The lowest BCUT2D eigenvalue weighted by atomic mass is 10.2. The number of ether oxygens (including phenoxy) is 1. The number of carbonyl (C=O) groups is 1. The highest BCUT2D eigenvalue weighted by Crippen LogP contribution is 2.31. The van der Waals surface area contributed by atoms with Crippen molar-refractivity contribution in [3.63, 3.8) is 0 Å². The van der Waals surface area contributed by atoms with Gasteiger partial charge in [-0.1, -0.05) is 17.7 Å². The highest BCUT2D eigenvalue weighted by atomic mass is 79.9. The molecule has 0 aromatic heterocycles. The Kier molecular flexibility index (Phi) is 5.28. The minimum Gasteiger partial charge on any atom is -0.496 e. The lowest BCUT2D eigenvalue weighted by molar-refractivity contribution is -0.115. The van der Waals surface area contributed by atoms with Crippen LogP contribution in [0.2, 0.25) is 5.02 Å². The molecule has 122 valence electrons. The van der Waals surface area contributed by atoms with Crippen LogP contribution in [0.3, 0.4) is 0 Å². The molecular weight excluding hydrogens is 412 g/mol. The first kappa shape index (κ1) is 17.1. The van der Waals surface area contributed by atoms with Crippen LogP contribution in [-0.4, -0.2) is 18.2 Å². The SMILES string of the molecule is COc1ccc(/C=C2\SC(=Nc3ccc(Cl)cc3)NC2=O)cc1Br. The van der Waals surface area contributed by atoms with Gasteiger partial charge in [0.1, 0.15) is 5.75 Å². The normalized spacial score (nSPS) is 17.4.